The first-order valence-electron chi connectivity index (χ1n) is 7.82. The number of aryl methyl sites for hydroxylation is 1. The Morgan fingerprint density at radius 1 is 1.09 bits per heavy atom. The van der Waals surface area contributed by atoms with E-state index in [0.717, 1.165) is 24.4 Å². The van der Waals surface area contributed by atoms with Crippen molar-refractivity contribution in [3.8, 4) is 5.75 Å². The van der Waals surface area contributed by atoms with Crippen LogP contribution in [0.4, 0.5) is 5.69 Å². The topological polar surface area (TPSA) is 12.5 Å². The van der Waals surface area contributed by atoms with Crippen molar-refractivity contribution in [2.75, 3.05) is 24.6 Å². The first kappa shape index (κ1) is 16.7. The molecule has 1 unspecified atom stereocenters. The van der Waals surface area contributed by atoms with Crippen molar-refractivity contribution in [2.45, 2.75) is 26.1 Å². The number of rotatable bonds is 7. The summed E-state index contributed by atoms with van der Waals surface area (Å²) in [5.74, 6) is 0.890. The lowest BCUT2D eigenvalue weighted by atomic mass is 10.1. The number of alkyl halides is 1. The first-order valence-corrected chi connectivity index (χ1v) is 8.26. The van der Waals surface area contributed by atoms with Crippen LogP contribution in [0.15, 0.2) is 48.5 Å². The predicted molar refractivity (Wildman–Crippen MR) is 95.3 cm³/mol. The second-order valence-electron chi connectivity index (χ2n) is 5.35. The van der Waals surface area contributed by atoms with Gasteiger partial charge >= 0.3 is 0 Å². The summed E-state index contributed by atoms with van der Waals surface area (Å²) in [7, 11) is 0. The van der Waals surface area contributed by atoms with E-state index < -0.39 is 0 Å². The van der Waals surface area contributed by atoms with Gasteiger partial charge < -0.3 is 9.64 Å². The minimum Gasteiger partial charge on any atom is -0.494 e. The highest BCUT2D eigenvalue weighted by molar-refractivity contribution is 6.21. The molecule has 0 heterocycles. The van der Waals surface area contributed by atoms with E-state index in [4.69, 9.17) is 16.3 Å². The summed E-state index contributed by atoms with van der Waals surface area (Å²) in [6, 6.07) is 16.6. The molecule has 0 aromatic heterocycles. The molecule has 0 saturated carbocycles. The highest BCUT2D eigenvalue weighted by Crippen LogP contribution is 2.26. The van der Waals surface area contributed by atoms with Gasteiger partial charge in [-0.1, -0.05) is 24.3 Å². The van der Waals surface area contributed by atoms with E-state index in [0.29, 0.717) is 6.61 Å². The quantitative estimate of drug-likeness (QED) is 0.651. The molecule has 0 fully saturated rings. The molecule has 0 saturated heterocycles. The lowest BCUT2D eigenvalue weighted by Crippen LogP contribution is -2.26. The molecule has 2 aromatic rings. The van der Waals surface area contributed by atoms with E-state index in [9.17, 15) is 0 Å². The highest BCUT2D eigenvalue weighted by atomic mass is 35.5. The van der Waals surface area contributed by atoms with Crippen molar-refractivity contribution in [1.29, 1.82) is 0 Å². The molecule has 0 radical (unpaired) electrons. The summed E-state index contributed by atoms with van der Waals surface area (Å²) in [5, 5.41) is -0.0452. The lowest BCUT2D eigenvalue weighted by molar-refractivity contribution is 0.340. The van der Waals surface area contributed by atoms with Crippen molar-refractivity contribution >= 4 is 17.3 Å². The zero-order valence-electron chi connectivity index (χ0n) is 13.6. The second kappa shape index (κ2) is 8.09. The molecular formula is C19H24ClNO. The van der Waals surface area contributed by atoms with Gasteiger partial charge in [-0.15, -0.1) is 11.6 Å². The molecule has 0 aliphatic rings. The second-order valence-corrected chi connectivity index (χ2v) is 5.87. The summed E-state index contributed by atoms with van der Waals surface area (Å²) in [5.41, 5.74) is 3.61. The third-order valence-corrected chi connectivity index (χ3v) is 4.07. The van der Waals surface area contributed by atoms with E-state index in [-0.39, 0.29) is 5.38 Å². The van der Waals surface area contributed by atoms with Crippen LogP contribution in [0.25, 0.3) is 0 Å². The average Bonchev–Trinajstić information content (AvgIpc) is 2.53. The van der Waals surface area contributed by atoms with E-state index in [1.54, 1.807) is 0 Å². The van der Waals surface area contributed by atoms with Crippen LogP contribution in [0.1, 0.15) is 30.4 Å². The Morgan fingerprint density at radius 2 is 1.82 bits per heavy atom. The van der Waals surface area contributed by atoms with E-state index in [2.05, 4.69) is 43.0 Å². The molecule has 118 valence electrons. The summed E-state index contributed by atoms with van der Waals surface area (Å²) in [6.07, 6.45) is 0. The van der Waals surface area contributed by atoms with Crippen molar-refractivity contribution in [1.82, 2.24) is 0 Å². The highest BCUT2D eigenvalue weighted by Gasteiger charge is 2.13. The molecule has 0 bridgehead atoms. The standard InChI is InChI=1S/C19H24ClNO/c1-4-21(17-8-6-7-15(3)13-17)14-19(20)16-9-11-18(12-10-16)22-5-2/h6-13,19H,4-5,14H2,1-3H3. The van der Waals surface area contributed by atoms with Gasteiger partial charge in [0.05, 0.1) is 12.0 Å². The Kier molecular flexibility index (Phi) is 6.14. The zero-order chi connectivity index (χ0) is 15.9. The molecule has 22 heavy (non-hydrogen) atoms. The molecule has 3 heteroatoms. The number of benzene rings is 2. The summed E-state index contributed by atoms with van der Waals surface area (Å²) < 4.78 is 5.47. The number of likely N-dealkylation sites (N-methyl/N-ethyl adjacent to an activating group) is 1. The van der Waals surface area contributed by atoms with Crippen molar-refractivity contribution in [3.05, 3.63) is 59.7 Å². The van der Waals surface area contributed by atoms with Gasteiger partial charge in [0, 0.05) is 18.8 Å². The van der Waals surface area contributed by atoms with Crippen molar-refractivity contribution in [2.24, 2.45) is 0 Å². The lowest BCUT2D eigenvalue weighted by Gasteiger charge is -2.26. The monoisotopic (exact) mass is 317 g/mol. The third kappa shape index (κ3) is 4.41. The third-order valence-electron chi connectivity index (χ3n) is 3.68. The molecule has 0 amide bonds. The molecule has 0 N–H and O–H groups in total. The first-order chi connectivity index (χ1) is 10.6. The van der Waals surface area contributed by atoms with Gasteiger partial charge in [-0.3, -0.25) is 0 Å². The Bertz CT molecular complexity index is 582. The normalized spacial score (nSPS) is 12.0. The summed E-state index contributed by atoms with van der Waals surface area (Å²) >= 11 is 6.62. The number of ether oxygens (including phenoxy) is 1. The number of hydrogen-bond donors (Lipinski definition) is 0. The molecule has 1 atom stereocenters. The Hall–Kier alpha value is -1.67. The smallest absolute Gasteiger partial charge is 0.119 e. The molecule has 2 rings (SSSR count). The van der Waals surface area contributed by atoms with Gasteiger partial charge in [0.15, 0.2) is 0 Å². The number of hydrogen-bond acceptors (Lipinski definition) is 2. The fourth-order valence-corrected chi connectivity index (χ4v) is 2.79. The van der Waals surface area contributed by atoms with E-state index in [1.807, 2.05) is 31.2 Å². The van der Waals surface area contributed by atoms with Crippen LogP contribution in [0.3, 0.4) is 0 Å². The fourth-order valence-electron chi connectivity index (χ4n) is 2.48. The summed E-state index contributed by atoms with van der Waals surface area (Å²) in [4.78, 5) is 2.31. The predicted octanol–water partition coefficient (Wildman–Crippen LogP) is 5.20. The van der Waals surface area contributed by atoms with E-state index in [1.165, 1.54) is 11.3 Å². The van der Waals surface area contributed by atoms with Crippen molar-refractivity contribution < 1.29 is 4.74 Å². The van der Waals surface area contributed by atoms with Crippen LogP contribution in [0.2, 0.25) is 0 Å². The largest absolute Gasteiger partial charge is 0.494 e. The SMILES string of the molecule is CCOc1ccc(C(Cl)CN(CC)c2cccc(C)c2)cc1. The van der Waals surface area contributed by atoms with Gasteiger partial charge in [0.25, 0.3) is 0 Å². The van der Waals surface area contributed by atoms with Gasteiger partial charge in [-0.2, -0.15) is 0 Å². The maximum absolute atomic E-state index is 6.62. The minimum atomic E-state index is -0.0452. The van der Waals surface area contributed by atoms with Gasteiger partial charge in [0.1, 0.15) is 5.75 Å². The maximum Gasteiger partial charge on any atom is 0.119 e. The zero-order valence-corrected chi connectivity index (χ0v) is 14.3. The molecule has 2 nitrogen and oxygen atoms in total. The van der Waals surface area contributed by atoms with Crippen LogP contribution in [-0.4, -0.2) is 19.7 Å². The number of anilines is 1. The van der Waals surface area contributed by atoms with Gasteiger partial charge in [-0.25, -0.2) is 0 Å². The van der Waals surface area contributed by atoms with Gasteiger partial charge in [-0.05, 0) is 56.2 Å². The Labute approximate surface area is 138 Å². The van der Waals surface area contributed by atoms with Crippen molar-refractivity contribution in [3.63, 3.8) is 0 Å². The fraction of sp³-hybridized carbons (Fsp3) is 0.368. The van der Waals surface area contributed by atoms with Crippen LogP contribution < -0.4 is 9.64 Å². The van der Waals surface area contributed by atoms with Gasteiger partial charge in [0.2, 0.25) is 0 Å². The van der Waals surface area contributed by atoms with Crippen LogP contribution in [0, 0.1) is 6.92 Å². The molecule has 2 aromatic carbocycles. The summed E-state index contributed by atoms with van der Waals surface area (Å²) in [6.45, 7) is 8.66. The maximum atomic E-state index is 6.62. The van der Waals surface area contributed by atoms with E-state index >= 15 is 0 Å². The Morgan fingerprint density at radius 3 is 2.41 bits per heavy atom. The molecule has 0 spiro atoms. The van der Waals surface area contributed by atoms with Crippen LogP contribution >= 0.6 is 11.6 Å². The molecular weight excluding hydrogens is 294 g/mol. The molecule has 0 aliphatic carbocycles. The van der Waals surface area contributed by atoms with Crippen LogP contribution in [0.5, 0.6) is 5.75 Å². The number of halogens is 1. The Balaban J connectivity index is 2.07. The molecule has 0 aliphatic heterocycles. The minimum absolute atomic E-state index is 0.0452. The average molecular weight is 318 g/mol. The number of nitrogens with zero attached hydrogens (tertiary/aromatic N) is 1. The van der Waals surface area contributed by atoms with Crippen LogP contribution in [-0.2, 0) is 0 Å².